The number of rotatable bonds is 7. The average molecular weight is 450 g/mol. The molecule has 6 heteroatoms. The summed E-state index contributed by atoms with van der Waals surface area (Å²) in [4.78, 5) is 20.9. The van der Waals surface area contributed by atoms with E-state index in [1.165, 1.54) is 12.1 Å². The molecule has 3 aromatic rings. The van der Waals surface area contributed by atoms with Crippen LogP contribution in [0.3, 0.4) is 0 Å². The second-order valence-corrected chi connectivity index (χ2v) is 9.48. The number of nitrogens with zero attached hydrogens (tertiary/aromatic N) is 3. The summed E-state index contributed by atoms with van der Waals surface area (Å²) in [6.07, 6.45) is 2.22. The molecule has 0 bridgehead atoms. The number of aromatic nitrogens is 2. The summed E-state index contributed by atoms with van der Waals surface area (Å²) >= 11 is 0. The highest BCUT2D eigenvalue weighted by Crippen LogP contribution is 2.26. The Morgan fingerprint density at radius 1 is 1.21 bits per heavy atom. The predicted molar refractivity (Wildman–Crippen MR) is 131 cm³/mol. The molecule has 2 heterocycles. The molecule has 1 aliphatic heterocycles. The molecule has 174 valence electrons. The number of ether oxygens (including phenoxy) is 1. The predicted octanol–water partition coefficient (Wildman–Crippen LogP) is 5.74. The summed E-state index contributed by atoms with van der Waals surface area (Å²) < 4.78 is 20.9. The Balaban J connectivity index is 1.66. The lowest BCUT2D eigenvalue weighted by molar-refractivity contribution is 0.172. The Hall–Kier alpha value is -2.99. The van der Waals surface area contributed by atoms with Crippen LogP contribution in [0.25, 0.3) is 10.9 Å². The highest BCUT2D eigenvalue weighted by molar-refractivity contribution is 5.79. The minimum absolute atomic E-state index is 0.0368. The van der Waals surface area contributed by atoms with Gasteiger partial charge in [-0.25, -0.2) is 9.37 Å². The Labute approximate surface area is 194 Å². The number of hydrogen-bond acceptors (Lipinski definition) is 4. The van der Waals surface area contributed by atoms with Crippen LogP contribution in [0, 0.1) is 11.7 Å². The summed E-state index contributed by atoms with van der Waals surface area (Å²) in [7, 11) is 0. The van der Waals surface area contributed by atoms with Crippen molar-refractivity contribution in [1.82, 2.24) is 14.5 Å². The van der Waals surface area contributed by atoms with Gasteiger partial charge in [0.15, 0.2) is 0 Å². The Morgan fingerprint density at radius 2 is 1.94 bits per heavy atom. The van der Waals surface area contributed by atoms with Crippen LogP contribution in [0.5, 0.6) is 11.5 Å². The molecule has 0 saturated carbocycles. The van der Waals surface area contributed by atoms with Gasteiger partial charge in [-0.2, -0.15) is 0 Å². The maximum atomic E-state index is 13.6. The summed E-state index contributed by atoms with van der Waals surface area (Å²) in [5.41, 5.74) is 1.79. The van der Waals surface area contributed by atoms with Crippen molar-refractivity contribution in [2.24, 2.45) is 5.92 Å². The number of likely N-dealkylation sites (tertiary alicyclic amines) is 1. The van der Waals surface area contributed by atoms with E-state index in [-0.39, 0.29) is 17.3 Å². The normalized spacial score (nSPS) is 16.9. The maximum absolute atomic E-state index is 13.6. The van der Waals surface area contributed by atoms with Crippen LogP contribution in [0.15, 0.2) is 59.4 Å². The molecule has 33 heavy (non-hydrogen) atoms. The summed E-state index contributed by atoms with van der Waals surface area (Å²) in [6.45, 7) is 13.9. The largest absolute Gasteiger partial charge is 0.457 e. The zero-order valence-corrected chi connectivity index (χ0v) is 19.7. The molecule has 0 N–H and O–H groups in total. The van der Waals surface area contributed by atoms with Gasteiger partial charge in [-0.15, -0.1) is 0 Å². The Morgan fingerprint density at radius 3 is 2.64 bits per heavy atom. The lowest BCUT2D eigenvalue weighted by Crippen LogP contribution is -2.40. The molecular weight excluding hydrogens is 417 g/mol. The Bertz CT molecular complexity index is 1200. The molecule has 1 aliphatic rings. The molecule has 1 aromatic heterocycles. The third-order valence-corrected chi connectivity index (χ3v) is 6.06. The fourth-order valence-electron chi connectivity index (χ4n) is 4.62. The fraction of sp³-hybridized carbons (Fsp3) is 0.407. The second-order valence-electron chi connectivity index (χ2n) is 9.48. The van der Waals surface area contributed by atoms with Crippen LogP contribution >= 0.6 is 0 Å². The van der Waals surface area contributed by atoms with Gasteiger partial charge in [0.05, 0.1) is 10.9 Å². The van der Waals surface area contributed by atoms with E-state index in [2.05, 4.69) is 32.3 Å². The SMILES string of the molecule is C=C(C)CN1CCCC(Cn2c(C(C)C)nc3ccc(Oc4ccc(F)cc4)cc3c2=O)C1. The van der Waals surface area contributed by atoms with Gasteiger partial charge < -0.3 is 4.74 Å². The second kappa shape index (κ2) is 9.87. The Kier molecular flexibility index (Phi) is 6.94. The minimum atomic E-state index is -0.321. The first-order valence-corrected chi connectivity index (χ1v) is 11.6. The molecule has 4 rings (SSSR count). The first-order valence-electron chi connectivity index (χ1n) is 11.6. The average Bonchev–Trinajstić information content (AvgIpc) is 2.77. The summed E-state index contributed by atoms with van der Waals surface area (Å²) in [5, 5.41) is 0.536. The third kappa shape index (κ3) is 5.50. The quantitative estimate of drug-likeness (QED) is 0.432. The van der Waals surface area contributed by atoms with Gasteiger partial charge in [-0.3, -0.25) is 14.3 Å². The van der Waals surface area contributed by atoms with Crippen LogP contribution in [-0.4, -0.2) is 34.1 Å². The first kappa shape index (κ1) is 23.2. The zero-order chi connectivity index (χ0) is 23.5. The number of fused-ring (bicyclic) bond motifs is 1. The molecular formula is C27H32FN3O2. The van der Waals surface area contributed by atoms with Gasteiger partial charge in [-0.05, 0) is 74.7 Å². The molecule has 0 amide bonds. The number of halogens is 1. The molecule has 2 aromatic carbocycles. The maximum Gasteiger partial charge on any atom is 0.261 e. The van der Waals surface area contributed by atoms with Crippen LogP contribution in [-0.2, 0) is 6.54 Å². The topological polar surface area (TPSA) is 47.4 Å². The molecule has 1 saturated heterocycles. The van der Waals surface area contributed by atoms with Gasteiger partial charge in [0.2, 0.25) is 0 Å². The van der Waals surface area contributed by atoms with E-state index >= 15 is 0 Å². The first-order chi connectivity index (χ1) is 15.8. The number of hydrogen-bond donors (Lipinski definition) is 0. The van der Waals surface area contributed by atoms with Crippen LogP contribution < -0.4 is 10.3 Å². The fourth-order valence-corrected chi connectivity index (χ4v) is 4.62. The molecule has 1 unspecified atom stereocenters. The van der Waals surface area contributed by atoms with E-state index in [4.69, 9.17) is 9.72 Å². The highest BCUT2D eigenvalue weighted by atomic mass is 19.1. The minimum Gasteiger partial charge on any atom is -0.457 e. The highest BCUT2D eigenvalue weighted by Gasteiger charge is 2.23. The van der Waals surface area contributed by atoms with Gasteiger partial charge in [0.25, 0.3) is 5.56 Å². The zero-order valence-electron chi connectivity index (χ0n) is 19.7. The molecule has 1 atom stereocenters. The summed E-state index contributed by atoms with van der Waals surface area (Å²) in [6, 6.07) is 11.2. The standard InChI is InChI=1S/C27H32FN3O2/c1-18(2)15-30-13-5-6-20(16-30)17-31-26(19(3)4)29-25-12-11-23(14-24(25)27(31)32)33-22-9-7-21(28)8-10-22/h7-12,14,19-20H,1,5-6,13,15-17H2,2-4H3. The van der Waals surface area contributed by atoms with Crippen LogP contribution in [0.2, 0.25) is 0 Å². The molecule has 0 spiro atoms. The van der Waals surface area contributed by atoms with E-state index in [0.717, 1.165) is 43.9 Å². The van der Waals surface area contributed by atoms with Gasteiger partial charge in [0.1, 0.15) is 23.1 Å². The van der Waals surface area contributed by atoms with Crippen molar-refractivity contribution >= 4 is 10.9 Å². The van der Waals surface area contributed by atoms with Gasteiger partial charge in [0, 0.05) is 25.6 Å². The van der Waals surface area contributed by atoms with E-state index in [0.29, 0.717) is 34.9 Å². The third-order valence-electron chi connectivity index (χ3n) is 6.06. The van der Waals surface area contributed by atoms with Crippen molar-refractivity contribution in [2.45, 2.75) is 46.1 Å². The van der Waals surface area contributed by atoms with Crippen LogP contribution in [0.1, 0.15) is 45.4 Å². The lowest BCUT2D eigenvalue weighted by atomic mass is 9.97. The van der Waals surface area contributed by atoms with Crippen molar-refractivity contribution in [3.05, 3.63) is 76.6 Å². The smallest absolute Gasteiger partial charge is 0.261 e. The molecule has 5 nitrogen and oxygen atoms in total. The van der Waals surface area contributed by atoms with Crippen molar-refractivity contribution in [2.75, 3.05) is 19.6 Å². The lowest BCUT2D eigenvalue weighted by Gasteiger charge is -2.33. The van der Waals surface area contributed by atoms with E-state index in [1.54, 1.807) is 24.3 Å². The van der Waals surface area contributed by atoms with Crippen molar-refractivity contribution in [3.8, 4) is 11.5 Å². The van der Waals surface area contributed by atoms with Crippen LogP contribution in [0.4, 0.5) is 4.39 Å². The van der Waals surface area contributed by atoms with Gasteiger partial charge in [-0.1, -0.05) is 26.0 Å². The van der Waals surface area contributed by atoms with E-state index in [1.807, 2.05) is 10.6 Å². The molecule has 1 fully saturated rings. The van der Waals surface area contributed by atoms with Gasteiger partial charge >= 0.3 is 0 Å². The van der Waals surface area contributed by atoms with Crippen molar-refractivity contribution in [1.29, 1.82) is 0 Å². The number of piperidine rings is 1. The number of benzene rings is 2. The van der Waals surface area contributed by atoms with Crippen molar-refractivity contribution in [3.63, 3.8) is 0 Å². The summed E-state index contributed by atoms with van der Waals surface area (Å²) in [5.74, 6) is 2.07. The van der Waals surface area contributed by atoms with Crippen molar-refractivity contribution < 1.29 is 9.13 Å². The molecule has 0 radical (unpaired) electrons. The molecule has 0 aliphatic carbocycles. The van der Waals surface area contributed by atoms with E-state index in [9.17, 15) is 9.18 Å². The van der Waals surface area contributed by atoms with E-state index < -0.39 is 0 Å². The monoisotopic (exact) mass is 449 g/mol.